The van der Waals surface area contributed by atoms with E-state index in [1.807, 2.05) is 0 Å². The Balaban J connectivity index is 2.52. The lowest BCUT2D eigenvalue weighted by Gasteiger charge is -2.21. The zero-order chi connectivity index (χ0) is 9.84. The number of hydrogen-bond donors (Lipinski definition) is 1. The van der Waals surface area contributed by atoms with Crippen molar-refractivity contribution in [2.45, 2.75) is 19.4 Å². The van der Waals surface area contributed by atoms with E-state index in [4.69, 9.17) is 6.42 Å². The molecule has 72 valence electrons. The lowest BCUT2D eigenvalue weighted by molar-refractivity contribution is -0.132. The molecule has 1 aliphatic rings. The predicted molar refractivity (Wildman–Crippen MR) is 52.0 cm³/mol. The molecule has 0 radical (unpaired) electrons. The maximum absolute atomic E-state index is 11.7. The summed E-state index contributed by atoms with van der Waals surface area (Å²) in [6.45, 7) is 3.41. The second kappa shape index (κ2) is 4.29. The number of carbonyl (C=O) groups excluding carboxylic acids is 1. The highest BCUT2D eigenvalue weighted by Crippen LogP contribution is 2.15. The summed E-state index contributed by atoms with van der Waals surface area (Å²) in [5.74, 6) is 3.00. The molecule has 3 heteroatoms. The van der Waals surface area contributed by atoms with Gasteiger partial charge in [0.25, 0.3) is 0 Å². The normalized spacial score (nSPS) is 26.8. The summed E-state index contributed by atoms with van der Waals surface area (Å²) in [6.07, 6.45) is 6.21. The molecule has 1 heterocycles. The molecule has 3 nitrogen and oxygen atoms in total. The molecule has 0 aromatic heterocycles. The summed E-state index contributed by atoms with van der Waals surface area (Å²) in [6, 6.07) is -0.0293. The highest BCUT2D eigenvalue weighted by Gasteiger charge is 2.30. The van der Waals surface area contributed by atoms with Crippen molar-refractivity contribution in [3.63, 3.8) is 0 Å². The van der Waals surface area contributed by atoms with Gasteiger partial charge in [-0.15, -0.1) is 6.42 Å². The zero-order valence-corrected chi connectivity index (χ0v) is 8.21. The molecule has 1 rings (SSSR count). The van der Waals surface area contributed by atoms with Gasteiger partial charge in [0, 0.05) is 7.05 Å². The Bertz CT molecular complexity index is 232. The highest BCUT2D eigenvalue weighted by atomic mass is 16.2. The fourth-order valence-electron chi connectivity index (χ4n) is 1.62. The number of rotatable bonds is 2. The molecule has 0 aromatic carbocycles. The van der Waals surface area contributed by atoms with Crippen molar-refractivity contribution in [3.05, 3.63) is 0 Å². The first-order valence-electron chi connectivity index (χ1n) is 4.58. The van der Waals surface area contributed by atoms with Crippen LogP contribution in [0.3, 0.4) is 0 Å². The Morgan fingerprint density at radius 3 is 2.92 bits per heavy atom. The molecule has 1 N–H and O–H groups in total. The summed E-state index contributed by atoms with van der Waals surface area (Å²) in [4.78, 5) is 13.3. The molecule has 0 bridgehead atoms. The van der Waals surface area contributed by atoms with Gasteiger partial charge in [0.05, 0.1) is 12.6 Å². The van der Waals surface area contributed by atoms with E-state index < -0.39 is 0 Å². The Kier molecular flexibility index (Phi) is 3.32. The quantitative estimate of drug-likeness (QED) is 0.610. The van der Waals surface area contributed by atoms with Crippen LogP contribution in [-0.2, 0) is 4.79 Å². The predicted octanol–water partition coefficient (Wildman–Crippen LogP) is 0.0760. The SMILES string of the molecule is C#CCN(C)C(=O)C1NCCC1C. The summed E-state index contributed by atoms with van der Waals surface area (Å²) in [5.41, 5.74) is 0. The average Bonchev–Trinajstić information content (AvgIpc) is 2.50. The molecular formula is C10H16N2O. The van der Waals surface area contributed by atoms with Crippen LogP contribution in [0.1, 0.15) is 13.3 Å². The van der Waals surface area contributed by atoms with Crippen LogP contribution in [-0.4, -0.2) is 37.0 Å². The first-order valence-corrected chi connectivity index (χ1v) is 4.58. The van der Waals surface area contributed by atoms with Crippen molar-refractivity contribution < 1.29 is 4.79 Å². The first kappa shape index (κ1) is 10.1. The number of terminal acetylenes is 1. The summed E-state index contributed by atoms with van der Waals surface area (Å²) in [5, 5.41) is 3.19. The number of carbonyl (C=O) groups is 1. The van der Waals surface area contributed by atoms with Crippen molar-refractivity contribution in [3.8, 4) is 12.3 Å². The van der Waals surface area contributed by atoms with E-state index in [9.17, 15) is 4.79 Å². The van der Waals surface area contributed by atoms with Gasteiger partial charge in [0.2, 0.25) is 5.91 Å². The van der Waals surface area contributed by atoms with Gasteiger partial charge in [0.15, 0.2) is 0 Å². The van der Waals surface area contributed by atoms with Gasteiger partial charge in [-0.2, -0.15) is 0 Å². The minimum Gasteiger partial charge on any atom is -0.333 e. The number of likely N-dealkylation sites (N-methyl/N-ethyl adjacent to an activating group) is 1. The molecule has 2 atom stereocenters. The van der Waals surface area contributed by atoms with Crippen molar-refractivity contribution in [1.82, 2.24) is 10.2 Å². The Hall–Kier alpha value is -1.01. The Morgan fingerprint density at radius 2 is 2.46 bits per heavy atom. The minimum absolute atomic E-state index is 0.0293. The zero-order valence-electron chi connectivity index (χ0n) is 8.21. The van der Waals surface area contributed by atoms with Crippen LogP contribution in [0, 0.1) is 18.3 Å². The second-order valence-electron chi connectivity index (χ2n) is 3.60. The lowest BCUT2D eigenvalue weighted by Crippen LogP contribution is -2.44. The highest BCUT2D eigenvalue weighted by molar-refractivity contribution is 5.82. The van der Waals surface area contributed by atoms with Gasteiger partial charge in [-0.3, -0.25) is 4.79 Å². The third kappa shape index (κ3) is 2.22. The number of nitrogens with zero attached hydrogens (tertiary/aromatic N) is 1. The van der Waals surface area contributed by atoms with Crippen LogP contribution in [0.5, 0.6) is 0 Å². The molecule has 0 aliphatic carbocycles. The topological polar surface area (TPSA) is 32.3 Å². The molecule has 0 saturated carbocycles. The van der Waals surface area contributed by atoms with E-state index in [0.717, 1.165) is 13.0 Å². The van der Waals surface area contributed by atoms with Crippen molar-refractivity contribution in [2.24, 2.45) is 5.92 Å². The van der Waals surface area contributed by atoms with Gasteiger partial charge >= 0.3 is 0 Å². The van der Waals surface area contributed by atoms with E-state index in [2.05, 4.69) is 18.2 Å². The van der Waals surface area contributed by atoms with Gasteiger partial charge in [-0.1, -0.05) is 12.8 Å². The largest absolute Gasteiger partial charge is 0.333 e. The molecule has 0 spiro atoms. The van der Waals surface area contributed by atoms with E-state index in [1.165, 1.54) is 0 Å². The third-order valence-electron chi connectivity index (χ3n) is 2.50. The monoisotopic (exact) mass is 180 g/mol. The molecule has 2 unspecified atom stereocenters. The summed E-state index contributed by atoms with van der Waals surface area (Å²) >= 11 is 0. The van der Waals surface area contributed by atoms with E-state index >= 15 is 0 Å². The molecular weight excluding hydrogens is 164 g/mol. The summed E-state index contributed by atoms with van der Waals surface area (Å²) < 4.78 is 0. The maximum atomic E-state index is 11.7. The number of amides is 1. The van der Waals surface area contributed by atoms with Crippen LogP contribution in [0.4, 0.5) is 0 Å². The van der Waals surface area contributed by atoms with Crippen LogP contribution >= 0.6 is 0 Å². The molecule has 1 fully saturated rings. The lowest BCUT2D eigenvalue weighted by atomic mass is 10.0. The number of nitrogens with one attached hydrogen (secondary N) is 1. The van der Waals surface area contributed by atoms with E-state index in [1.54, 1.807) is 11.9 Å². The molecule has 1 amide bonds. The van der Waals surface area contributed by atoms with Crippen LogP contribution in [0.15, 0.2) is 0 Å². The van der Waals surface area contributed by atoms with E-state index in [0.29, 0.717) is 12.5 Å². The van der Waals surface area contributed by atoms with Crippen molar-refractivity contribution >= 4 is 5.91 Å². The van der Waals surface area contributed by atoms with Gasteiger partial charge in [-0.25, -0.2) is 0 Å². The average molecular weight is 180 g/mol. The van der Waals surface area contributed by atoms with Crippen molar-refractivity contribution in [2.75, 3.05) is 20.1 Å². The third-order valence-corrected chi connectivity index (χ3v) is 2.50. The second-order valence-corrected chi connectivity index (χ2v) is 3.60. The number of hydrogen-bond acceptors (Lipinski definition) is 2. The van der Waals surface area contributed by atoms with Crippen LogP contribution < -0.4 is 5.32 Å². The molecule has 13 heavy (non-hydrogen) atoms. The molecule has 1 saturated heterocycles. The van der Waals surface area contributed by atoms with Crippen molar-refractivity contribution in [1.29, 1.82) is 0 Å². The molecule has 1 aliphatic heterocycles. The van der Waals surface area contributed by atoms with Gasteiger partial charge in [0.1, 0.15) is 0 Å². The van der Waals surface area contributed by atoms with Crippen LogP contribution in [0.25, 0.3) is 0 Å². The Labute approximate surface area is 79.5 Å². The minimum atomic E-state index is -0.0293. The smallest absolute Gasteiger partial charge is 0.240 e. The van der Waals surface area contributed by atoms with Gasteiger partial charge in [-0.05, 0) is 18.9 Å². The molecule has 0 aromatic rings. The first-order chi connectivity index (χ1) is 6.16. The fraction of sp³-hybridized carbons (Fsp3) is 0.700. The summed E-state index contributed by atoms with van der Waals surface area (Å²) in [7, 11) is 1.74. The van der Waals surface area contributed by atoms with Gasteiger partial charge < -0.3 is 10.2 Å². The van der Waals surface area contributed by atoms with Crippen LogP contribution in [0.2, 0.25) is 0 Å². The Morgan fingerprint density at radius 1 is 1.77 bits per heavy atom. The maximum Gasteiger partial charge on any atom is 0.240 e. The fourth-order valence-corrected chi connectivity index (χ4v) is 1.62. The standard InChI is InChI=1S/C10H16N2O/c1-4-7-12(3)10(13)9-8(2)5-6-11-9/h1,8-9,11H,5-7H2,2-3H3. The van der Waals surface area contributed by atoms with E-state index in [-0.39, 0.29) is 11.9 Å².